The Morgan fingerprint density at radius 3 is 2.35 bits per heavy atom. The zero-order valence-electron chi connectivity index (χ0n) is 47.6. The molecule has 16 atom stereocenters. The lowest BCUT2D eigenvalue weighted by atomic mass is 9.38. The summed E-state index contributed by atoms with van der Waals surface area (Å²) >= 11 is 0. The Labute approximate surface area is 474 Å². The van der Waals surface area contributed by atoms with E-state index < -0.39 is 82.0 Å². The number of hydrazine groups is 1. The van der Waals surface area contributed by atoms with Crippen LogP contribution in [0.15, 0.2) is 34.9 Å². The number of carboxylic acid groups (broad SMARTS) is 1. The first-order valence-electron chi connectivity index (χ1n) is 31.9. The molecule has 15 heteroatoms. The minimum Gasteiger partial charge on any atom is -0.507 e. The smallest absolute Gasteiger partial charge is 0.335 e. The Kier molecular flexibility index (Phi) is 11.4. The zero-order chi connectivity index (χ0) is 55.6. The van der Waals surface area contributed by atoms with Crippen molar-refractivity contribution in [2.24, 2.45) is 55.7 Å². The van der Waals surface area contributed by atoms with Gasteiger partial charge in [0.1, 0.15) is 41.2 Å². The molecule has 9 aliphatic carbocycles. The van der Waals surface area contributed by atoms with E-state index in [2.05, 4.69) is 16.9 Å². The molecule has 5 heterocycles. The molecule has 0 aromatic heterocycles. The highest BCUT2D eigenvalue weighted by Gasteiger charge is 2.83. The number of nitrogens with one attached hydrogen (secondary N) is 2. The van der Waals surface area contributed by atoms with Crippen molar-refractivity contribution in [3.63, 3.8) is 0 Å². The van der Waals surface area contributed by atoms with Crippen LogP contribution in [-0.2, 0) is 14.2 Å². The van der Waals surface area contributed by atoms with Crippen LogP contribution in [0.3, 0.4) is 0 Å². The molecular formula is C66H86N2O13. The molecule has 0 amide bonds. The van der Waals surface area contributed by atoms with E-state index in [-0.39, 0.29) is 86.3 Å². The van der Waals surface area contributed by atoms with Crippen LogP contribution in [0, 0.1) is 62.6 Å². The van der Waals surface area contributed by atoms with Gasteiger partial charge in [0.2, 0.25) is 6.29 Å². The Bertz CT molecular complexity index is 3100. The van der Waals surface area contributed by atoms with Crippen LogP contribution in [0.25, 0.3) is 10.8 Å². The summed E-state index contributed by atoms with van der Waals surface area (Å²) in [6.45, 7) is 4.03. The van der Waals surface area contributed by atoms with Crippen molar-refractivity contribution < 1.29 is 64.3 Å². The average molecular weight is 1120 g/mol. The number of Topliss-reactive ketones (excluding diaryl/α,β-unsaturated/α-hetero) is 1. The molecule has 12 fully saturated rings. The number of carbonyl (C=O) groups is 2. The van der Waals surface area contributed by atoms with Crippen molar-refractivity contribution in [3.8, 4) is 17.2 Å². The van der Waals surface area contributed by atoms with Crippen LogP contribution in [0.1, 0.15) is 200 Å². The topological polar surface area (TPSA) is 237 Å². The standard InChI is InChI=1S/C66H86N2O13/c1-35-45(36(2)70)49(72)47-40(48(35)71)25-37(55(76)77)26-43(47)79-56-50(73)52(74)66-28-42-46-39(44(81-66)29-59(15-5-6-16-59)53(75)54(66)80-56)11-12-41(46)62(18-10-24-69)34-78-30-38-27-60-32-64(21-9-17-61(64)23-22-58(31-61)13-3-4-14-58)63(19-7-8-20-63)57(60)67-68-65(42,33-60)51(38)62/h12,25-26,38,42,44,50-54,56-57,67-69,71-75H,3-11,13-24,27-34H2,1-2H3,(H,76,77)/t38-,42-,44-,50-,51+,52-,53+,54-,56-,57+,60-,61-,62-,64+,65-,66+/m1/s1. The second-order valence-corrected chi connectivity index (χ2v) is 30.1. The fourth-order valence-electron chi connectivity index (χ4n) is 25.0. The average Bonchev–Trinajstić information content (AvgIpc) is 2.06. The number of aromatic carboxylic acids is 1. The molecule has 2 aromatic carbocycles. The minimum absolute atomic E-state index is 0.0543. The molecule has 5 aliphatic heterocycles. The van der Waals surface area contributed by atoms with E-state index in [0.29, 0.717) is 56.1 Å². The third kappa shape index (κ3) is 6.47. The Balaban J connectivity index is 0.855. The number of fused-ring (bicyclic) bond motifs is 7. The van der Waals surface area contributed by atoms with Crippen molar-refractivity contribution in [3.05, 3.63) is 51.6 Å². The summed E-state index contributed by atoms with van der Waals surface area (Å²) in [5.74, 6) is -3.06. The number of hydrogen-bond acceptors (Lipinski definition) is 14. The lowest BCUT2D eigenvalue weighted by molar-refractivity contribution is -0.340. The number of rotatable bonds is 7. The van der Waals surface area contributed by atoms with Gasteiger partial charge in [0, 0.05) is 52.5 Å². The molecule has 4 saturated heterocycles. The Hall–Kier alpha value is -3.64. The first-order valence-corrected chi connectivity index (χ1v) is 31.9. The summed E-state index contributed by atoms with van der Waals surface area (Å²) in [6, 6.07) is 2.65. The van der Waals surface area contributed by atoms with Gasteiger partial charge in [-0.1, -0.05) is 51.0 Å². The third-order valence-corrected chi connectivity index (χ3v) is 27.2. The van der Waals surface area contributed by atoms with Gasteiger partial charge in [-0.25, -0.2) is 4.79 Å². The highest BCUT2D eigenvalue weighted by molar-refractivity contribution is 6.11. The van der Waals surface area contributed by atoms with Gasteiger partial charge < -0.3 is 54.7 Å². The number of ether oxygens (including phenoxy) is 4. The molecule has 9 N–H and O–H groups in total. The molecule has 15 nitrogen and oxygen atoms in total. The molecule has 2 aromatic rings. The second kappa shape index (κ2) is 17.5. The highest BCUT2D eigenvalue weighted by Crippen LogP contribution is 2.85. The van der Waals surface area contributed by atoms with Crippen molar-refractivity contribution in [1.82, 2.24) is 10.9 Å². The molecular weight excluding hydrogens is 1030 g/mol. The molecule has 8 saturated carbocycles. The van der Waals surface area contributed by atoms with Crippen LogP contribution in [0.4, 0.5) is 0 Å². The number of phenolic OH excluding ortho intramolecular Hbond substituents is 2. The lowest BCUT2D eigenvalue weighted by Gasteiger charge is -2.72. The summed E-state index contributed by atoms with van der Waals surface area (Å²) in [7, 11) is 0. The van der Waals surface area contributed by atoms with Gasteiger partial charge in [-0.2, -0.15) is 0 Å². The van der Waals surface area contributed by atoms with E-state index in [9.17, 15) is 45.3 Å². The first-order chi connectivity index (χ1) is 38.9. The maximum absolute atomic E-state index is 13.6. The van der Waals surface area contributed by atoms with Gasteiger partial charge in [0.15, 0.2) is 5.78 Å². The summed E-state index contributed by atoms with van der Waals surface area (Å²) in [5.41, 5.74) is 10.1. The van der Waals surface area contributed by atoms with Gasteiger partial charge in [-0.05, 0) is 204 Å². The predicted molar refractivity (Wildman–Crippen MR) is 297 cm³/mol. The van der Waals surface area contributed by atoms with E-state index in [1.165, 1.54) is 133 Å². The number of ketones is 1. The number of aliphatic hydroxyl groups is 4. The normalized spacial score (nSPS) is 45.1. The fraction of sp³-hybridized carbons (Fsp3) is 0.758. The number of allylic oxidation sites excluding steroid dienone is 1. The fourth-order valence-corrected chi connectivity index (χ4v) is 25.0. The number of aromatic hydroxyl groups is 2. The van der Waals surface area contributed by atoms with E-state index in [4.69, 9.17) is 18.9 Å². The molecule has 14 aliphatic rings. The SMILES string of the molecule is CC(=O)c1c(C)c(O)c2cc(C(=O)O)cc(O[C@@H]3O[C@@H]4[C@H](O)C5(CCCC5)C[C@H]5O[C@@]4(C[C@@H]4C6=C5CC=C6[C@@]5(CCCO)COC[C@H]6C[C@@]78C[C@]4(NN[C@@H]7C4(CCCC4)[C@@]4(CCC[C@]47CCC4(CCCC4)C7)C8)[C@@H]65)[C@H](O)[C@H]3O)c2c1O. The van der Waals surface area contributed by atoms with Crippen LogP contribution in [0.5, 0.6) is 17.2 Å². The van der Waals surface area contributed by atoms with Crippen molar-refractivity contribution in [2.45, 2.75) is 235 Å². The zero-order valence-corrected chi connectivity index (χ0v) is 47.6. The van der Waals surface area contributed by atoms with Gasteiger partial charge in [0.05, 0.1) is 35.3 Å². The van der Waals surface area contributed by atoms with E-state index in [0.717, 1.165) is 38.2 Å². The van der Waals surface area contributed by atoms with Crippen LogP contribution < -0.4 is 15.6 Å². The minimum atomic E-state index is -1.82. The van der Waals surface area contributed by atoms with Gasteiger partial charge in [0.25, 0.3) is 0 Å². The molecule has 81 heavy (non-hydrogen) atoms. The maximum Gasteiger partial charge on any atom is 0.335 e. The number of hydrogen-bond donors (Lipinski definition) is 9. The van der Waals surface area contributed by atoms with Crippen molar-refractivity contribution >= 4 is 22.5 Å². The third-order valence-electron chi connectivity index (χ3n) is 27.2. The largest absolute Gasteiger partial charge is 0.507 e. The van der Waals surface area contributed by atoms with E-state index in [1.54, 1.807) is 0 Å². The summed E-state index contributed by atoms with van der Waals surface area (Å²) < 4.78 is 28.6. The van der Waals surface area contributed by atoms with Crippen LogP contribution in [-0.4, -0.2) is 121 Å². The number of carboxylic acids is 1. The van der Waals surface area contributed by atoms with E-state index in [1.807, 2.05) is 0 Å². The van der Waals surface area contributed by atoms with Gasteiger partial charge >= 0.3 is 5.97 Å². The number of benzene rings is 2. The molecule has 438 valence electrons. The maximum atomic E-state index is 13.6. The molecule has 0 radical (unpaired) electrons. The van der Waals surface area contributed by atoms with Crippen molar-refractivity contribution in [1.29, 1.82) is 0 Å². The first kappa shape index (κ1) is 52.9. The van der Waals surface area contributed by atoms with Crippen LogP contribution >= 0.6 is 0 Å². The Morgan fingerprint density at radius 1 is 0.827 bits per heavy atom. The van der Waals surface area contributed by atoms with Crippen molar-refractivity contribution in [2.75, 3.05) is 19.8 Å². The predicted octanol–water partition coefficient (Wildman–Crippen LogP) is 9.28. The number of aliphatic hydroxyl groups excluding tert-OH is 4. The van der Waals surface area contributed by atoms with Gasteiger partial charge in [-0.3, -0.25) is 15.6 Å². The van der Waals surface area contributed by atoms with E-state index >= 15 is 0 Å². The summed E-state index contributed by atoms with van der Waals surface area (Å²) in [4.78, 5) is 25.8. The molecule has 16 rings (SSSR count). The number of phenols is 2. The summed E-state index contributed by atoms with van der Waals surface area (Å²) in [5, 5.41) is 84.3. The molecule has 8 spiro atoms. The monoisotopic (exact) mass is 1110 g/mol. The quantitative estimate of drug-likeness (QED) is 0.0928. The van der Waals surface area contributed by atoms with Gasteiger partial charge in [-0.15, -0.1) is 0 Å². The molecule has 4 bridgehead atoms. The molecule has 0 unspecified atom stereocenters. The van der Waals surface area contributed by atoms with Crippen LogP contribution in [0.2, 0.25) is 0 Å². The number of carbonyl (C=O) groups excluding carboxylic acids is 1. The summed E-state index contributed by atoms with van der Waals surface area (Å²) in [6.07, 6.45) is 22.3. The highest BCUT2D eigenvalue weighted by atomic mass is 16.7. The second-order valence-electron chi connectivity index (χ2n) is 30.1. The Morgan fingerprint density at radius 2 is 1.59 bits per heavy atom. The lowest BCUT2D eigenvalue weighted by Crippen LogP contribution is -2.82.